The van der Waals surface area contributed by atoms with Crippen molar-refractivity contribution < 1.29 is 24.2 Å². The van der Waals surface area contributed by atoms with Gasteiger partial charge in [-0.1, -0.05) is 19.3 Å². The van der Waals surface area contributed by atoms with Gasteiger partial charge in [-0.25, -0.2) is 4.79 Å². The number of nitrogens with zero attached hydrogens (tertiary/aromatic N) is 2. The van der Waals surface area contributed by atoms with Crippen LogP contribution in [0.4, 0.5) is 11.4 Å². The van der Waals surface area contributed by atoms with E-state index >= 15 is 0 Å². The molecule has 1 heterocycles. The van der Waals surface area contributed by atoms with Crippen molar-refractivity contribution in [3.8, 4) is 0 Å². The van der Waals surface area contributed by atoms with E-state index in [0.29, 0.717) is 37.0 Å². The van der Waals surface area contributed by atoms with Crippen molar-refractivity contribution >= 4 is 29.2 Å². The van der Waals surface area contributed by atoms with E-state index < -0.39 is 5.97 Å². The number of methoxy groups -OCH3 is 1. The second-order valence-corrected chi connectivity index (χ2v) is 7.67. The molecule has 2 amide bonds. The van der Waals surface area contributed by atoms with E-state index in [4.69, 9.17) is 4.74 Å². The molecule has 1 saturated carbocycles. The van der Waals surface area contributed by atoms with Gasteiger partial charge in [-0.05, 0) is 37.0 Å². The number of nitrogens with one attached hydrogen (secondary N) is 1. The van der Waals surface area contributed by atoms with Crippen molar-refractivity contribution in [3.63, 3.8) is 0 Å². The van der Waals surface area contributed by atoms with Crippen molar-refractivity contribution in [1.82, 2.24) is 5.32 Å². The molecule has 2 N–H and O–H groups in total. The molecule has 0 bridgehead atoms. The topological polar surface area (TPSA) is 99.2 Å². The molecular formula is C21H29N3O5. The van der Waals surface area contributed by atoms with Crippen molar-refractivity contribution in [2.45, 2.75) is 32.1 Å². The second-order valence-electron chi connectivity index (χ2n) is 7.67. The highest BCUT2D eigenvalue weighted by atomic mass is 16.5. The predicted molar refractivity (Wildman–Crippen MR) is 109 cm³/mol. The Bertz CT molecular complexity index is 761. The Balaban J connectivity index is 1.84. The second kappa shape index (κ2) is 9.84. The molecule has 1 aliphatic heterocycles. The number of benzene rings is 1. The number of anilines is 2. The van der Waals surface area contributed by atoms with Gasteiger partial charge in [0.15, 0.2) is 0 Å². The van der Waals surface area contributed by atoms with Crippen molar-refractivity contribution in [1.29, 1.82) is 0 Å². The highest BCUT2D eigenvalue weighted by molar-refractivity contribution is 6.12. The lowest BCUT2D eigenvalue weighted by Crippen LogP contribution is -2.51. The smallest absolute Gasteiger partial charge is 0.335 e. The summed E-state index contributed by atoms with van der Waals surface area (Å²) in [6, 6.07) is 4.63. The molecule has 0 radical (unpaired) electrons. The zero-order valence-corrected chi connectivity index (χ0v) is 16.9. The molecule has 1 aliphatic carbocycles. The van der Waals surface area contributed by atoms with Crippen LogP contribution in [-0.4, -0.2) is 62.8 Å². The van der Waals surface area contributed by atoms with Gasteiger partial charge in [-0.3, -0.25) is 14.5 Å². The summed E-state index contributed by atoms with van der Waals surface area (Å²) in [6.45, 7) is 1.58. The molecule has 1 aromatic rings. The van der Waals surface area contributed by atoms with Crippen LogP contribution in [0.1, 0.15) is 42.5 Å². The first-order valence-electron chi connectivity index (χ1n) is 10.2. The largest absolute Gasteiger partial charge is 0.478 e. The Morgan fingerprint density at radius 1 is 1.21 bits per heavy atom. The molecule has 2 aliphatic rings. The molecule has 8 nitrogen and oxygen atoms in total. The first-order valence-corrected chi connectivity index (χ1v) is 10.2. The fraction of sp³-hybridized carbons (Fsp3) is 0.571. The van der Waals surface area contributed by atoms with Gasteiger partial charge in [0.1, 0.15) is 6.54 Å². The maximum Gasteiger partial charge on any atom is 0.335 e. The number of hydrogen-bond donors (Lipinski definition) is 2. The summed E-state index contributed by atoms with van der Waals surface area (Å²) in [4.78, 5) is 40.3. The van der Waals surface area contributed by atoms with Gasteiger partial charge in [0.2, 0.25) is 11.8 Å². The fourth-order valence-electron chi connectivity index (χ4n) is 4.06. The number of amides is 2. The SMILES string of the molecule is COCCNCC(=O)N1CC(=O)N(CC2CCCCC2)c2ccc(C(=O)O)cc21. The van der Waals surface area contributed by atoms with Crippen molar-refractivity contribution in [3.05, 3.63) is 23.8 Å². The Morgan fingerprint density at radius 2 is 1.97 bits per heavy atom. The Kier molecular flexibility index (Phi) is 7.22. The maximum absolute atomic E-state index is 12.9. The normalized spacial score (nSPS) is 17.3. The van der Waals surface area contributed by atoms with E-state index in [1.165, 1.54) is 36.3 Å². The molecule has 1 fully saturated rings. The number of carboxylic acids is 1. The summed E-state index contributed by atoms with van der Waals surface area (Å²) in [7, 11) is 1.58. The van der Waals surface area contributed by atoms with E-state index in [1.807, 2.05) is 0 Å². The molecule has 158 valence electrons. The number of carboxylic acid groups (broad SMARTS) is 1. The summed E-state index contributed by atoms with van der Waals surface area (Å²) in [5, 5.41) is 12.4. The molecule has 1 aromatic carbocycles. The van der Waals surface area contributed by atoms with E-state index in [2.05, 4.69) is 5.32 Å². The van der Waals surface area contributed by atoms with Gasteiger partial charge in [-0.15, -0.1) is 0 Å². The van der Waals surface area contributed by atoms with Crippen LogP contribution in [-0.2, 0) is 14.3 Å². The Hall–Kier alpha value is -2.45. The zero-order chi connectivity index (χ0) is 20.8. The molecule has 29 heavy (non-hydrogen) atoms. The molecule has 3 rings (SSSR count). The van der Waals surface area contributed by atoms with Crippen LogP contribution in [0.2, 0.25) is 0 Å². The maximum atomic E-state index is 12.9. The number of hydrogen-bond acceptors (Lipinski definition) is 5. The third-order valence-electron chi connectivity index (χ3n) is 5.62. The van der Waals surface area contributed by atoms with Gasteiger partial charge >= 0.3 is 5.97 Å². The summed E-state index contributed by atoms with van der Waals surface area (Å²) in [6.07, 6.45) is 5.78. The van der Waals surface area contributed by atoms with Gasteiger partial charge in [0, 0.05) is 20.2 Å². The standard InChI is InChI=1S/C21H29N3O5/c1-29-10-9-22-12-19(25)24-14-20(26)23(13-15-5-3-2-4-6-15)17-8-7-16(21(27)28)11-18(17)24/h7-8,11,15,22H,2-6,9-10,12-14H2,1H3,(H,27,28). The van der Waals surface area contributed by atoms with Crippen LogP contribution in [0.15, 0.2) is 18.2 Å². The molecule has 0 aromatic heterocycles. The van der Waals surface area contributed by atoms with E-state index in [1.54, 1.807) is 18.1 Å². The van der Waals surface area contributed by atoms with Crippen molar-refractivity contribution in [2.24, 2.45) is 5.92 Å². The van der Waals surface area contributed by atoms with Crippen LogP contribution in [0.5, 0.6) is 0 Å². The highest BCUT2D eigenvalue weighted by Crippen LogP contribution is 2.36. The van der Waals surface area contributed by atoms with E-state index in [-0.39, 0.29) is 30.5 Å². The minimum atomic E-state index is -1.06. The zero-order valence-electron chi connectivity index (χ0n) is 16.9. The molecule has 0 saturated heterocycles. The lowest BCUT2D eigenvalue weighted by atomic mass is 9.88. The first-order chi connectivity index (χ1) is 14.0. The monoisotopic (exact) mass is 403 g/mol. The lowest BCUT2D eigenvalue weighted by Gasteiger charge is -2.38. The molecule has 8 heteroatoms. The van der Waals surface area contributed by atoms with Gasteiger partial charge in [0.05, 0.1) is 30.1 Å². The summed E-state index contributed by atoms with van der Waals surface area (Å²) in [5.41, 5.74) is 1.20. The van der Waals surface area contributed by atoms with Crippen LogP contribution in [0, 0.1) is 5.92 Å². The minimum absolute atomic E-state index is 0.0516. The number of aromatic carboxylic acids is 1. The van der Waals surface area contributed by atoms with Crippen LogP contribution < -0.4 is 15.1 Å². The van der Waals surface area contributed by atoms with E-state index in [9.17, 15) is 19.5 Å². The molecule has 0 atom stereocenters. The predicted octanol–water partition coefficient (Wildman–Crippen LogP) is 1.88. The number of rotatable bonds is 8. The van der Waals surface area contributed by atoms with Crippen LogP contribution in [0.3, 0.4) is 0 Å². The number of ether oxygens (including phenoxy) is 1. The average Bonchev–Trinajstić information content (AvgIpc) is 2.73. The number of carbonyl (C=O) groups excluding carboxylic acids is 2. The highest BCUT2D eigenvalue weighted by Gasteiger charge is 2.34. The van der Waals surface area contributed by atoms with Crippen LogP contribution in [0.25, 0.3) is 0 Å². The van der Waals surface area contributed by atoms with Gasteiger partial charge in [-0.2, -0.15) is 0 Å². The summed E-state index contributed by atoms with van der Waals surface area (Å²) < 4.78 is 4.96. The number of fused-ring (bicyclic) bond motifs is 1. The first kappa shape index (κ1) is 21.3. The van der Waals surface area contributed by atoms with E-state index in [0.717, 1.165) is 12.8 Å². The fourth-order valence-corrected chi connectivity index (χ4v) is 4.06. The van der Waals surface area contributed by atoms with Crippen LogP contribution >= 0.6 is 0 Å². The quantitative estimate of drug-likeness (QED) is 0.643. The third kappa shape index (κ3) is 5.13. The third-order valence-corrected chi connectivity index (χ3v) is 5.62. The Morgan fingerprint density at radius 3 is 2.66 bits per heavy atom. The summed E-state index contributed by atoms with van der Waals surface area (Å²) >= 11 is 0. The lowest BCUT2D eigenvalue weighted by molar-refractivity contribution is -0.122. The van der Waals surface area contributed by atoms with Gasteiger partial charge < -0.3 is 20.1 Å². The van der Waals surface area contributed by atoms with Gasteiger partial charge in [0.25, 0.3) is 0 Å². The molecule has 0 spiro atoms. The van der Waals surface area contributed by atoms with Crippen molar-refractivity contribution in [2.75, 3.05) is 49.7 Å². The summed E-state index contributed by atoms with van der Waals surface area (Å²) in [5.74, 6) is -1.02. The number of carbonyl (C=O) groups is 3. The Labute approximate surface area is 170 Å². The molecule has 0 unspecified atom stereocenters. The minimum Gasteiger partial charge on any atom is -0.478 e. The molecular weight excluding hydrogens is 374 g/mol. The average molecular weight is 403 g/mol.